The fraction of sp³-hybridized carbons (Fsp3) is 0.833. The Hall–Kier alpha value is -1.10. The molecule has 0 aromatic rings. The minimum atomic E-state index is -0.746. The molecule has 0 aromatic heterocycles. The van der Waals surface area contributed by atoms with E-state index in [1.807, 2.05) is 0 Å². The van der Waals surface area contributed by atoms with Crippen molar-refractivity contribution >= 4 is 11.9 Å². The molecule has 0 bridgehead atoms. The highest BCUT2D eigenvalue weighted by Gasteiger charge is 2.33. The number of carboxylic acids is 1. The Morgan fingerprint density at radius 3 is 2.29 bits per heavy atom. The van der Waals surface area contributed by atoms with Gasteiger partial charge < -0.3 is 16.2 Å². The number of nitrogens with two attached hydrogens (primary N) is 1. The third-order valence-electron chi connectivity index (χ3n) is 3.97. The van der Waals surface area contributed by atoms with Gasteiger partial charge in [-0.2, -0.15) is 0 Å². The molecule has 96 valence electrons. The molecule has 17 heavy (non-hydrogen) atoms. The molecule has 2 rings (SSSR count). The maximum Gasteiger partial charge on any atom is 0.306 e. The monoisotopic (exact) mass is 240 g/mol. The topological polar surface area (TPSA) is 92.4 Å². The van der Waals surface area contributed by atoms with E-state index in [-0.39, 0.29) is 29.8 Å². The van der Waals surface area contributed by atoms with E-state index in [4.69, 9.17) is 10.8 Å². The lowest BCUT2D eigenvalue weighted by molar-refractivity contribution is -0.141. The number of carboxylic acid groups (broad SMARTS) is 1. The molecule has 0 aliphatic heterocycles. The molecule has 4 atom stereocenters. The summed E-state index contributed by atoms with van der Waals surface area (Å²) in [4.78, 5) is 22.7. The molecular weight excluding hydrogens is 220 g/mol. The number of nitrogens with one attached hydrogen (secondary N) is 1. The Bertz CT molecular complexity index is 319. The Morgan fingerprint density at radius 1 is 1.06 bits per heavy atom. The molecule has 1 amide bonds. The van der Waals surface area contributed by atoms with E-state index < -0.39 is 5.97 Å². The van der Waals surface area contributed by atoms with Gasteiger partial charge in [0.25, 0.3) is 0 Å². The van der Waals surface area contributed by atoms with Gasteiger partial charge in [0.1, 0.15) is 0 Å². The van der Waals surface area contributed by atoms with Crippen LogP contribution in [0.1, 0.15) is 38.5 Å². The van der Waals surface area contributed by atoms with Crippen molar-refractivity contribution < 1.29 is 14.7 Å². The van der Waals surface area contributed by atoms with Crippen LogP contribution < -0.4 is 11.1 Å². The molecule has 0 heterocycles. The Balaban J connectivity index is 1.78. The summed E-state index contributed by atoms with van der Waals surface area (Å²) in [6.07, 6.45) is 4.56. The van der Waals surface area contributed by atoms with Gasteiger partial charge in [-0.3, -0.25) is 9.59 Å². The van der Waals surface area contributed by atoms with Crippen molar-refractivity contribution in [3.63, 3.8) is 0 Å². The molecule has 2 aliphatic carbocycles. The number of aliphatic carboxylic acids is 1. The Kier molecular flexibility index (Phi) is 3.66. The van der Waals surface area contributed by atoms with Crippen molar-refractivity contribution in [3.8, 4) is 0 Å². The fourth-order valence-electron chi connectivity index (χ4n) is 2.91. The number of hydrogen-bond donors (Lipinski definition) is 3. The van der Waals surface area contributed by atoms with Gasteiger partial charge in [0.05, 0.1) is 5.92 Å². The number of rotatable bonds is 3. The summed E-state index contributed by atoms with van der Waals surface area (Å²) in [7, 11) is 0. The van der Waals surface area contributed by atoms with Crippen LogP contribution in [0.3, 0.4) is 0 Å². The van der Waals surface area contributed by atoms with E-state index in [1.165, 1.54) is 0 Å². The lowest BCUT2D eigenvalue weighted by atomic mass is 10.1. The summed E-state index contributed by atoms with van der Waals surface area (Å²) in [6.45, 7) is 0. The zero-order valence-electron chi connectivity index (χ0n) is 9.89. The summed E-state index contributed by atoms with van der Waals surface area (Å²) in [5.74, 6) is -0.932. The largest absolute Gasteiger partial charge is 0.481 e. The fourth-order valence-corrected chi connectivity index (χ4v) is 2.91. The number of carbonyl (C=O) groups is 2. The van der Waals surface area contributed by atoms with Crippen LogP contribution in [0.2, 0.25) is 0 Å². The summed E-state index contributed by atoms with van der Waals surface area (Å²) in [6, 6.07) is 0.196. The quantitative estimate of drug-likeness (QED) is 0.669. The first-order chi connectivity index (χ1) is 8.06. The van der Waals surface area contributed by atoms with Gasteiger partial charge in [-0.1, -0.05) is 0 Å². The van der Waals surface area contributed by atoms with Crippen LogP contribution >= 0.6 is 0 Å². The normalized spacial score (nSPS) is 37.0. The van der Waals surface area contributed by atoms with Gasteiger partial charge in [-0.25, -0.2) is 0 Å². The second-order valence-electron chi connectivity index (χ2n) is 5.32. The van der Waals surface area contributed by atoms with Crippen molar-refractivity contribution in [2.45, 2.75) is 50.6 Å². The molecule has 5 nitrogen and oxygen atoms in total. The smallest absolute Gasteiger partial charge is 0.306 e. The average molecular weight is 240 g/mol. The van der Waals surface area contributed by atoms with E-state index in [9.17, 15) is 9.59 Å². The molecule has 5 heteroatoms. The number of hydrogen-bond acceptors (Lipinski definition) is 3. The van der Waals surface area contributed by atoms with Gasteiger partial charge in [0.2, 0.25) is 5.91 Å². The molecule has 4 unspecified atom stereocenters. The lowest BCUT2D eigenvalue weighted by Crippen LogP contribution is -2.37. The molecule has 0 aromatic carbocycles. The number of carbonyl (C=O) groups excluding carboxylic acids is 1. The van der Waals surface area contributed by atoms with Crippen LogP contribution in [0.4, 0.5) is 0 Å². The molecule has 0 spiro atoms. The maximum absolute atomic E-state index is 11.9. The molecule has 0 radical (unpaired) electrons. The molecule has 4 N–H and O–H groups in total. The van der Waals surface area contributed by atoms with Gasteiger partial charge in [-0.15, -0.1) is 0 Å². The predicted octanol–water partition coefficient (Wildman–Crippen LogP) is 0.483. The predicted molar refractivity (Wildman–Crippen MR) is 62.2 cm³/mol. The van der Waals surface area contributed by atoms with Gasteiger partial charge in [0, 0.05) is 18.0 Å². The Morgan fingerprint density at radius 2 is 1.76 bits per heavy atom. The second-order valence-corrected chi connectivity index (χ2v) is 5.32. The lowest BCUT2D eigenvalue weighted by Gasteiger charge is -2.16. The van der Waals surface area contributed by atoms with Crippen molar-refractivity contribution in [3.05, 3.63) is 0 Å². The van der Waals surface area contributed by atoms with Gasteiger partial charge in [-0.05, 0) is 38.5 Å². The SMILES string of the molecule is NC1CCC(C(=O)NC2CCC(C(=O)O)C2)C1. The first-order valence-electron chi connectivity index (χ1n) is 6.35. The van der Waals surface area contributed by atoms with Crippen molar-refractivity contribution in [2.24, 2.45) is 17.6 Å². The van der Waals surface area contributed by atoms with Crippen molar-refractivity contribution in [1.29, 1.82) is 0 Å². The van der Waals surface area contributed by atoms with E-state index in [2.05, 4.69) is 5.32 Å². The van der Waals surface area contributed by atoms with Crippen LogP contribution in [0.15, 0.2) is 0 Å². The second kappa shape index (κ2) is 5.04. The molecule has 2 saturated carbocycles. The third kappa shape index (κ3) is 2.97. The summed E-state index contributed by atoms with van der Waals surface area (Å²) < 4.78 is 0. The molecule has 0 saturated heterocycles. The van der Waals surface area contributed by atoms with E-state index >= 15 is 0 Å². The maximum atomic E-state index is 11.9. The average Bonchev–Trinajstić information content (AvgIpc) is 2.86. The van der Waals surface area contributed by atoms with Gasteiger partial charge >= 0.3 is 5.97 Å². The van der Waals surface area contributed by atoms with Crippen LogP contribution in [0, 0.1) is 11.8 Å². The van der Waals surface area contributed by atoms with Crippen LogP contribution in [0.25, 0.3) is 0 Å². The first kappa shape index (κ1) is 12.4. The van der Waals surface area contributed by atoms with Crippen LogP contribution in [-0.4, -0.2) is 29.1 Å². The summed E-state index contributed by atoms with van der Waals surface area (Å²) in [5, 5.41) is 11.9. The van der Waals surface area contributed by atoms with Crippen LogP contribution in [0.5, 0.6) is 0 Å². The van der Waals surface area contributed by atoms with Crippen molar-refractivity contribution in [1.82, 2.24) is 5.32 Å². The molecular formula is C12H20N2O3. The first-order valence-corrected chi connectivity index (χ1v) is 6.35. The van der Waals surface area contributed by atoms with E-state index in [0.29, 0.717) is 12.8 Å². The van der Waals surface area contributed by atoms with Gasteiger partial charge in [0.15, 0.2) is 0 Å². The number of amides is 1. The summed E-state index contributed by atoms with van der Waals surface area (Å²) >= 11 is 0. The highest BCUT2D eigenvalue weighted by molar-refractivity contribution is 5.79. The third-order valence-corrected chi connectivity index (χ3v) is 3.97. The zero-order valence-corrected chi connectivity index (χ0v) is 9.89. The zero-order chi connectivity index (χ0) is 12.4. The van der Waals surface area contributed by atoms with E-state index in [0.717, 1.165) is 25.7 Å². The van der Waals surface area contributed by atoms with E-state index in [1.54, 1.807) is 0 Å². The highest BCUT2D eigenvalue weighted by Crippen LogP contribution is 2.28. The standard InChI is InChI=1S/C12H20N2O3/c13-9-3-1-7(5-9)11(15)14-10-4-2-8(6-10)12(16)17/h7-10H,1-6,13H2,(H,14,15)(H,16,17). The minimum Gasteiger partial charge on any atom is -0.481 e. The molecule has 2 aliphatic rings. The summed E-state index contributed by atoms with van der Waals surface area (Å²) in [5.41, 5.74) is 5.78. The minimum absolute atomic E-state index is 0.0360. The van der Waals surface area contributed by atoms with Crippen LogP contribution in [-0.2, 0) is 9.59 Å². The molecule has 2 fully saturated rings. The highest BCUT2D eigenvalue weighted by atomic mass is 16.4. The Labute approximate surface area is 101 Å². The van der Waals surface area contributed by atoms with Crippen molar-refractivity contribution in [2.75, 3.05) is 0 Å².